The number of ether oxygens (including phenoxy) is 1. The Hall–Kier alpha value is -3.76. The van der Waals surface area contributed by atoms with E-state index in [1.54, 1.807) is 18.3 Å². The van der Waals surface area contributed by atoms with Crippen molar-refractivity contribution in [2.75, 3.05) is 31.6 Å². The second kappa shape index (κ2) is 9.39. The summed E-state index contributed by atoms with van der Waals surface area (Å²) < 4.78 is 18.4. The highest BCUT2D eigenvalue weighted by Crippen LogP contribution is 2.26. The van der Waals surface area contributed by atoms with Crippen molar-refractivity contribution < 1.29 is 13.9 Å². The zero-order chi connectivity index (χ0) is 22.6. The minimum Gasteiger partial charge on any atom is -0.379 e. The average Bonchev–Trinajstić information content (AvgIpc) is 3.45. The monoisotopic (exact) mass is 449 g/mol. The molecule has 0 bridgehead atoms. The fourth-order valence-corrected chi connectivity index (χ4v) is 3.80. The lowest BCUT2D eigenvalue weighted by Crippen LogP contribution is -2.35. The number of morpholine rings is 1. The van der Waals surface area contributed by atoms with Crippen molar-refractivity contribution in [1.82, 2.24) is 30.4 Å². The van der Waals surface area contributed by atoms with Crippen LogP contribution in [0.3, 0.4) is 0 Å². The number of amides is 2. The number of nitrogens with zero attached hydrogens (tertiary/aromatic N) is 3. The van der Waals surface area contributed by atoms with Gasteiger partial charge in [0, 0.05) is 32.4 Å². The van der Waals surface area contributed by atoms with Gasteiger partial charge in [0.2, 0.25) is 0 Å². The Morgan fingerprint density at radius 3 is 2.73 bits per heavy atom. The van der Waals surface area contributed by atoms with Crippen molar-refractivity contribution in [2.45, 2.75) is 13.1 Å². The highest BCUT2D eigenvalue weighted by molar-refractivity contribution is 5.93. The first-order valence-electron chi connectivity index (χ1n) is 10.8. The van der Waals surface area contributed by atoms with Gasteiger partial charge in [-0.2, -0.15) is 5.10 Å². The average molecular weight is 449 g/mol. The number of aromatic nitrogens is 4. The SMILES string of the molecule is O=C(NCc1ccc(F)cc1)Nc1c[nH]nc1-c1nc2cc(CN3CCOCC3)ccc2[nH]1. The Bertz CT molecular complexity index is 1250. The lowest BCUT2D eigenvalue weighted by atomic mass is 10.2. The number of carbonyl (C=O) groups is 1. The van der Waals surface area contributed by atoms with Crippen molar-refractivity contribution in [3.8, 4) is 11.5 Å². The number of hydrogen-bond acceptors (Lipinski definition) is 5. The van der Waals surface area contributed by atoms with Crippen molar-refractivity contribution in [3.63, 3.8) is 0 Å². The van der Waals surface area contributed by atoms with Crippen LogP contribution in [0, 0.1) is 5.82 Å². The van der Waals surface area contributed by atoms with E-state index in [1.807, 2.05) is 6.07 Å². The number of fused-ring (bicyclic) bond motifs is 1. The molecular weight excluding hydrogens is 425 g/mol. The number of rotatable bonds is 6. The van der Waals surface area contributed by atoms with Crippen molar-refractivity contribution >= 4 is 22.8 Å². The number of aromatic amines is 2. The maximum Gasteiger partial charge on any atom is 0.319 e. The molecule has 1 saturated heterocycles. The highest BCUT2D eigenvalue weighted by atomic mass is 19.1. The summed E-state index contributed by atoms with van der Waals surface area (Å²) in [5, 5.41) is 12.6. The van der Waals surface area contributed by atoms with Gasteiger partial charge in [-0.1, -0.05) is 18.2 Å². The summed E-state index contributed by atoms with van der Waals surface area (Å²) >= 11 is 0. The molecule has 0 saturated carbocycles. The third kappa shape index (κ3) is 5.02. The van der Waals surface area contributed by atoms with Gasteiger partial charge in [0.05, 0.1) is 29.9 Å². The topological polar surface area (TPSA) is 111 Å². The van der Waals surface area contributed by atoms with Crippen LogP contribution in [0.25, 0.3) is 22.6 Å². The summed E-state index contributed by atoms with van der Waals surface area (Å²) in [6.07, 6.45) is 1.60. The Balaban J connectivity index is 1.26. The minimum atomic E-state index is -0.397. The summed E-state index contributed by atoms with van der Waals surface area (Å²) in [7, 11) is 0. The van der Waals surface area contributed by atoms with Gasteiger partial charge in [-0.3, -0.25) is 10.00 Å². The first kappa shape index (κ1) is 21.1. The van der Waals surface area contributed by atoms with Crippen molar-refractivity contribution in [3.05, 3.63) is 65.6 Å². The Morgan fingerprint density at radius 2 is 1.91 bits per heavy atom. The summed E-state index contributed by atoms with van der Waals surface area (Å²) in [6.45, 7) is 4.51. The quantitative estimate of drug-likeness (QED) is 0.361. The van der Waals surface area contributed by atoms with Gasteiger partial charge in [-0.15, -0.1) is 0 Å². The molecule has 0 aliphatic carbocycles. The molecule has 0 unspecified atom stereocenters. The summed E-state index contributed by atoms with van der Waals surface area (Å²) in [6, 6.07) is 11.7. The molecule has 1 fully saturated rings. The van der Waals surface area contributed by atoms with Gasteiger partial charge in [0.25, 0.3) is 0 Å². The summed E-state index contributed by atoms with van der Waals surface area (Å²) in [5.41, 5.74) is 4.72. The smallest absolute Gasteiger partial charge is 0.319 e. The van der Waals surface area contributed by atoms with E-state index >= 15 is 0 Å². The third-order valence-electron chi connectivity index (χ3n) is 5.54. The predicted octanol–water partition coefficient (Wildman–Crippen LogP) is 3.25. The summed E-state index contributed by atoms with van der Waals surface area (Å²) in [4.78, 5) is 22.7. The zero-order valence-electron chi connectivity index (χ0n) is 17.9. The van der Waals surface area contributed by atoms with Crippen LogP contribution in [0.15, 0.2) is 48.7 Å². The van der Waals surface area contributed by atoms with E-state index in [0.717, 1.165) is 49.4 Å². The van der Waals surface area contributed by atoms with Crippen molar-refractivity contribution in [1.29, 1.82) is 0 Å². The van der Waals surface area contributed by atoms with E-state index in [0.29, 0.717) is 17.2 Å². The van der Waals surface area contributed by atoms with E-state index in [-0.39, 0.29) is 12.4 Å². The van der Waals surface area contributed by atoms with E-state index in [4.69, 9.17) is 9.72 Å². The molecule has 1 aliphatic heterocycles. The lowest BCUT2D eigenvalue weighted by Gasteiger charge is -2.26. The number of benzene rings is 2. The van der Waals surface area contributed by atoms with Gasteiger partial charge < -0.3 is 20.4 Å². The number of nitrogens with one attached hydrogen (secondary N) is 4. The fourth-order valence-electron chi connectivity index (χ4n) is 3.80. The number of urea groups is 1. The number of anilines is 1. The van der Waals surface area contributed by atoms with Crippen LogP contribution in [0.1, 0.15) is 11.1 Å². The molecule has 4 N–H and O–H groups in total. The van der Waals surface area contributed by atoms with E-state index in [9.17, 15) is 9.18 Å². The Morgan fingerprint density at radius 1 is 1.12 bits per heavy atom. The van der Waals surface area contributed by atoms with Crippen LogP contribution < -0.4 is 10.6 Å². The molecule has 0 spiro atoms. The first-order chi connectivity index (χ1) is 16.1. The van der Waals surface area contributed by atoms with Crippen LogP contribution in [0.2, 0.25) is 0 Å². The van der Waals surface area contributed by atoms with Gasteiger partial charge in [-0.25, -0.2) is 14.2 Å². The first-order valence-corrected chi connectivity index (χ1v) is 10.8. The third-order valence-corrected chi connectivity index (χ3v) is 5.54. The second-order valence-corrected chi connectivity index (χ2v) is 7.91. The molecule has 0 atom stereocenters. The lowest BCUT2D eigenvalue weighted by molar-refractivity contribution is 0.0342. The van der Waals surface area contributed by atoms with Crippen LogP contribution >= 0.6 is 0 Å². The Labute approximate surface area is 189 Å². The second-order valence-electron chi connectivity index (χ2n) is 7.91. The van der Waals surface area contributed by atoms with Crippen molar-refractivity contribution in [2.24, 2.45) is 0 Å². The van der Waals surface area contributed by atoms with Gasteiger partial charge >= 0.3 is 6.03 Å². The maximum absolute atomic E-state index is 13.0. The van der Waals surface area contributed by atoms with E-state index < -0.39 is 6.03 Å². The van der Waals surface area contributed by atoms with Crippen LogP contribution in [-0.4, -0.2) is 57.4 Å². The molecule has 33 heavy (non-hydrogen) atoms. The van der Waals surface area contributed by atoms with E-state index in [2.05, 4.69) is 42.8 Å². The number of H-pyrrole nitrogens is 2. The number of carbonyl (C=O) groups excluding carboxylic acids is 1. The van der Waals surface area contributed by atoms with Crippen LogP contribution in [0.5, 0.6) is 0 Å². The molecule has 2 aromatic heterocycles. The van der Waals surface area contributed by atoms with Crippen LogP contribution in [-0.2, 0) is 17.8 Å². The van der Waals surface area contributed by atoms with Gasteiger partial charge in [0.1, 0.15) is 5.82 Å². The van der Waals surface area contributed by atoms with Gasteiger partial charge in [-0.05, 0) is 35.4 Å². The molecule has 5 rings (SSSR count). The molecule has 4 aromatic rings. The maximum atomic E-state index is 13.0. The Kier molecular flexibility index (Phi) is 6.01. The molecule has 9 nitrogen and oxygen atoms in total. The highest BCUT2D eigenvalue weighted by Gasteiger charge is 2.16. The standard InChI is InChI=1S/C23H24FN7O2/c24-17-4-1-15(2-5-17)12-25-23(32)29-20-13-26-30-21(20)22-27-18-6-3-16(11-19(18)28-22)14-31-7-9-33-10-8-31/h1-6,11,13H,7-10,12,14H2,(H,26,30)(H,27,28)(H2,25,29,32). The predicted molar refractivity (Wildman–Crippen MR) is 122 cm³/mol. The normalized spacial score (nSPS) is 14.5. The van der Waals surface area contributed by atoms with Gasteiger partial charge in [0.15, 0.2) is 11.5 Å². The number of imidazole rings is 1. The molecular formula is C23H24FN7O2. The largest absolute Gasteiger partial charge is 0.379 e. The minimum absolute atomic E-state index is 0.274. The molecule has 1 aliphatic rings. The molecule has 10 heteroatoms. The zero-order valence-corrected chi connectivity index (χ0v) is 17.9. The molecule has 2 amide bonds. The fraction of sp³-hybridized carbons (Fsp3) is 0.261. The summed E-state index contributed by atoms with van der Waals surface area (Å²) in [5.74, 6) is 0.244. The number of halogens is 1. The molecule has 2 aromatic carbocycles. The van der Waals surface area contributed by atoms with E-state index in [1.165, 1.54) is 17.7 Å². The number of hydrogen-bond donors (Lipinski definition) is 4. The van der Waals surface area contributed by atoms with Crippen LogP contribution in [0.4, 0.5) is 14.9 Å². The molecule has 3 heterocycles. The molecule has 0 radical (unpaired) electrons. The molecule has 170 valence electrons.